The smallest absolute Gasteiger partial charge is 0.251 e. The first-order chi connectivity index (χ1) is 36.2. The Morgan fingerprint density at radius 3 is 1.28 bits per heavy atom. The van der Waals surface area contributed by atoms with Crippen LogP contribution in [0.25, 0.3) is 93.6 Å². The molecule has 0 saturated heterocycles. The Hall–Kier alpha value is -8.54. The van der Waals surface area contributed by atoms with Crippen molar-refractivity contribution < 1.29 is 4.74 Å². The van der Waals surface area contributed by atoms with Crippen molar-refractivity contribution in [3.05, 3.63) is 229 Å². The molecule has 1 aliphatic rings. The lowest BCUT2D eigenvalue weighted by molar-refractivity contribution is 0.487. The average Bonchev–Trinajstić information content (AvgIpc) is 4.24. The molecule has 4 heterocycles. The number of ether oxygens (including phenoxy) is 1. The summed E-state index contributed by atoms with van der Waals surface area (Å²) in [5.74, 6) is 2.99. The van der Waals surface area contributed by atoms with Gasteiger partial charge in [-0.2, -0.15) is 0 Å². The topological polar surface area (TPSA) is 24.0 Å². The highest BCUT2D eigenvalue weighted by Gasteiger charge is 2.37. The van der Waals surface area contributed by atoms with Gasteiger partial charge in [-0.3, -0.25) is 0 Å². The normalized spacial score (nSPS) is 12.6. The van der Waals surface area contributed by atoms with E-state index in [1.165, 1.54) is 93.0 Å². The minimum Gasteiger partial charge on any atom is -0.458 e. The quantitative estimate of drug-likeness (QED) is 0.139. The van der Waals surface area contributed by atoms with E-state index in [1.807, 2.05) is 0 Å². The number of benzene rings is 10. The molecule has 4 nitrogen and oxygen atoms in total. The molecule has 0 fully saturated rings. The molecular formula is C69H56BN3O. The maximum atomic E-state index is 7.05. The highest BCUT2D eigenvalue weighted by Crippen LogP contribution is 2.51. The molecule has 0 bridgehead atoms. The van der Waals surface area contributed by atoms with Crippen molar-refractivity contribution in [2.24, 2.45) is 0 Å². The Labute approximate surface area is 432 Å². The molecular weight excluding hydrogens is 898 g/mol. The molecule has 0 unspecified atom stereocenters. The van der Waals surface area contributed by atoms with Crippen molar-refractivity contribution in [2.45, 2.75) is 59.3 Å². The van der Waals surface area contributed by atoms with Crippen LogP contribution in [0.5, 0.6) is 11.5 Å². The summed E-state index contributed by atoms with van der Waals surface area (Å²) < 4.78 is 14.6. The third-order valence-corrected chi connectivity index (χ3v) is 16.0. The number of rotatable bonds is 8. The van der Waals surface area contributed by atoms with Gasteiger partial charge in [-0.1, -0.05) is 187 Å². The molecule has 0 radical (unpaired) electrons. The summed E-state index contributed by atoms with van der Waals surface area (Å²) in [6, 6.07) is 78.6. The molecule has 14 rings (SSSR count). The molecule has 3 aromatic heterocycles. The van der Waals surface area contributed by atoms with Crippen LogP contribution in [0.4, 0.5) is 0 Å². The van der Waals surface area contributed by atoms with Crippen LogP contribution in [0.2, 0.25) is 0 Å². The third kappa shape index (κ3) is 6.55. The Morgan fingerprint density at radius 1 is 0.351 bits per heavy atom. The van der Waals surface area contributed by atoms with Gasteiger partial charge in [-0.15, -0.1) is 0 Å². The maximum Gasteiger partial charge on any atom is 0.251 e. The van der Waals surface area contributed by atoms with E-state index in [2.05, 4.69) is 268 Å². The number of fused-ring (bicyclic) bond motifs is 14. The highest BCUT2D eigenvalue weighted by atomic mass is 16.5. The van der Waals surface area contributed by atoms with Crippen molar-refractivity contribution in [1.29, 1.82) is 0 Å². The summed E-state index contributed by atoms with van der Waals surface area (Å²) in [7, 11) is 0. The van der Waals surface area contributed by atoms with E-state index < -0.39 is 0 Å². The molecule has 1 aliphatic heterocycles. The van der Waals surface area contributed by atoms with Gasteiger partial charge in [0.15, 0.2) is 0 Å². The molecule has 0 amide bonds. The van der Waals surface area contributed by atoms with E-state index in [1.54, 1.807) is 0 Å². The van der Waals surface area contributed by atoms with Gasteiger partial charge in [0, 0.05) is 49.4 Å². The van der Waals surface area contributed by atoms with Gasteiger partial charge < -0.3 is 18.4 Å². The maximum absolute atomic E-state index is 7.05. The average molecular weight is 954 g/mol. The molecule has 0 saturated carbocycles. The van der Waals surface area contributed by atoms with Crippen molar-refractivity contribution in [3.8, 4) is 39.7 Å². The van der Waals surface area contributed by atoms with E-state index in [4.69, 9.17) is 4.74 Å². The van der Waals surface area contributed by atoms with E-state index in [0.29, 0.717) is 17.8 Å². The first-order valence-corrected chi connectivity index (χ1v) is 26.5. The summed E-state index contributed by atoms with van der Waals surface area (Å²) in [5.41, 5.74) is 20.8. The third-order valence-electron chi connectivity index (χ3n) is 16.0. The summed E-state index contributed by atoms with van der Waals surface area (Å²) in [4.78, 5) is 0. The summed E-state index contributed by atoms with van der Waals surface area (Å²) in [6.07, 6.45) is 0. The Morgan fingerprint density at radius 2 is 0.770 bits per heavy atom. The van der Waals surface area contributed by atoms with Gasteiger partial charge in [0.25, 0.3) is 6.71 Å². The second-order valence-corrected chi connectivity index (χ2v) is 21.4. The lowest BCUT2D eigenvalue weighted by Gasteiger charge is -2.32. The second kappa shape index (κ2) is 17.0. The van der Waals surface area contributed by atoms with Crippen LogP contribution in [0.15, 0.2) is 212 Å². The van der Waals surface area contributed by atoms with Gasteiger partial charge in [-0.05, 0) is 129 Å². The standard InChI is InChI=1S/C69H56BN3O/c1-42(2)47-39-53(43(3)4)66(54(40-47)44(5)6)70-56-30-18-21-33-61(56)74-62-41-46(34-36-57(62)70)45-35-37-60-55(38-45)65-68-63(52-29-17-20-32-59(52)72(68)49-24-12-8-13-25-49)67-64(69(65)73(60)50-26-14-9-15-27-50)51-28-16-19-31-58(51)71(67)48-22-10-7-11-23-48/h7-44H,1-6H3. The minimum absolute atomic E-state index is 0.0277. The molecule has 0 atom stereocenters. The zero-order valence-corrected chi connectivity index (χ0v) is 42.8. The van der Waals surface area contributed by atoms with Crippen molar-refractivity contribution in [3.63, 3.8) is 0 Å². The van der Waals surface area contributed by atoms with Crippen LogP contribution >= 0.6 is 0 Å². The van der Waals surface area contributed by atoms with Crippen molar-refractivity contribution >= 4 is 88.5 Å². The lowest BCUT2D eigenvalue weighted by Crippen LogP contribution is -2.57. The lowest BCUT2D eigenvalue weighted by atomic mass is 9.34. The van der Waals surface area contributed by atoms with Gasteiger partial charge >= 0.3 is 0 Å². The summed E-state index contributed by atoms with van der Waals surface area (Å²) >= 11 is 0. The fraction of sp³-hybridized carbons (Fsp3) is 0.130. The fourth-order valence-electron chi connectivity index (χ4n) is 12.7. The number of hydrogen-bond acceptors (Lipinski definition) is 1. The van der Waals surface area contributed by atoms with Crippen LogP contribution < -0.4 is 21.1 Å². The minimum atomic E-state index is 0.0277. The predicted molar refractivity (Wildman–Crippen MR) is 315 cm³/mol. The summed E-state index contributed by atoms with van der Waals surface area (Å²) in [5, 5.41) is 7.33. The zero-order valence-electron chi connectivity index (χ0n) is 42.8. The molecule has 0 aliphatic carbocycles. The first kappa shape index (κ1) is 44.2. The van der Waals surface area contributed by atoms with E-state index in [-0.39, 0.29) is 6.71 Å². The Bertz CT molecular complexity index is 4300. The van der Waals surface area contributed by atoms with Crippen molar-refractivity contribution in [2.75, 3.05) is 0 Å². The van der Waals surface area contributed by atoms with Crippen LogP contribution in [-0.4, -0.2) is 20.4 Å². The van der Waals surface area contributed by atoms with Gasteiger partial charge in [0.2, 0.25) is 0 Å². The molecule has 0 N–H and O–H groups in total. The Balaban J connectivity index is 1.10. The van der Waals surface area contributed by atoms with Gasteiger partial charge in [0.05, 0.1) is 33.1 Å². The van der Waals surface area contributed by atoms with Gasteiger partial charge in [0.1, 0.15) is 11.5 Å². The van der Waals surface area contributed by atoms with Gasteiger partial charge in [-0.25, -0.2) is 0 Å². The van der Waals surface area contributed by atoms with Crippen molar-refractivity contribution in [1.82, 2.24) is 13.7 Å². The number of hydrogen-bond donors (Lipinski definition) is 0. The summed E-state index contributed by atoms with van der Waals surface area (Å²) in [6.45, 7) is 14.1. The largest absolute Gasteiger partial charge is 0.458 e. The molecule has 74 heavy (non-hydrogen) atoms. The molecule has 5 heteroatoms. The van der Waals surface area contributed by atoms with E-state index in [0.717, 1.165) is 45.2 Å². The Kier molecular flexibility index (Phi) is 10.2. The molecule has 10 aromatic carbocycles. The van der Waals surface area contributed by atoms with E-state index >= 15 is 0 Å². The molecule has 0 spiro atoms. The van der Waals surface area contributed by atoms with Crippen LogP contribution in [-0.2, 0) is 0 Å². The van der Waals surface area contributed by atoms with Crippen LogP contribution in [0, 0.1) is 0 Å². The second-order valence-electron chi connectivity index (χ2n) is 21.4. The monoisotopic (exact) mass is 953 g/mol. The number of aromatic nitrogens is 3. The van der Waals surface area contributed by atoms with Crippen LogP contribution in [0.1, 0.15) is 76.0 Å². The number of nitrogens with zero attached hydrogens (tertiary/aromatic N) is 3. The molecule has 356 valence electrons. The van der Waals surface area contributed by atoms with Crippen LogP contribution in [0.3, 0.4) is 0 Å². The highest BCUT2D eigenvalue weighted by molar-refractivity contribution is 6.97. The zero-order chi connectivity index (χ0) is 49.9. The first-order valence-electron chi connectivity index (χ1n) is 26.5. The number of para-hydroxylation sites is 6. The van der Waals surface area contributed by atoms with E-state index in [9.17, 15) is 0 Å². The fourth-order valence-corrected chi connectivity index (χ4v) is 12.7. The predicted octanol–water partition coefficient (Wildman–Crippen LogP) is 16.6. The molecule has 13 aromatic rings. The SMILES string of the molecule is CC(C)c1cc(C(C)C)c(B2c3ccccc3Oc3cc(-c4ccc5c(c4)c4c6c(c7ccccc7n6-c6ccccc6)c6c(c7ccccc7n6-c6ccccc6)c4n5-c4ccccc4)ccc32)c(C(C)C)c1.